The average Bonchev–Trinajstić information content (AvgIpc) is 2.88. The zero-order valence-corrected chi connectivity index (χ0v) is 11.0. The fourth-order valence-electron chi connectivity index (χ4n) is 1.82. The SMILES string of the molecule is O=C(O)c1ccc(S(=O)(=O)NCC2CCCCO2)o1. The second-order valence-corrected chi connectivity index (χ2v) is 5.96. The summed E-state index contributed by atoms with van der Waals surface area (Å²) in [6.45, 7) is 0.793. The molecule has 7 nitrogen and oxygen atoms in total. The van der Waals surface area contributed by atoms with Crippen LogP contribution in [0.1, 0.15) is 29.8 Å². The van der Waals surface area contributed by atoms with Crippen LogP contribution < -0.4 is 4.72 Å². The number of carboxylic acids is 1. The zero-order valence-electron chi connectivity index (χ0n) is 10.2. The van der Waals surface area contributed by atoms with Gasteiger partial charge in [-0.05, 0) is 31.4 Å². The number of hydrogen-bond acceptors (Lipinski definition) is 5. The van der Waals surface area contributed by atoms with Crippen LogP contribution in [0.2, 0.25) is 0 Å². The Morgan fingerprint density at radius 2 is 2.21 bits per heavy atom. The van der Waals surface area contributed by atoms with Crippen LogP contribution >= 0.6 is 0 Å². The van der Waals surface area contributed by atoms with E-state index in [0.717, 1.165) is 31.4 Å². The first-order valence-electron chi connectivity index (χ1n) is 5.93. The molecule has 1 aliphatic heterocycles. The quantitative estimate of drug-likeness (QED) is 0.831. The minimum absolute atomic E-state index is 0.141. The van der Waals surface area contributed by atoms with Gasteiger partial charge in [0.15, 0.2) is 0 Å². The van der Waals surface area contributed by atoms with Crippen molar-refractivity contribution in [3.05, 3.63) is 17.9 Å². The second kappa shape index (κ2) is 5.72. The molecule has 1 unspecified atom stereocenters. The van der Waals surface area contributed by atoms with E-state index in [1.54, 1.807) is 0 Å². The lowest BCUT2D eigenvalue weighted by Gasteiger charge is -2.22. The van der Waals surface area contributed by atoms with Crippen molar-refractivity contribution in [1.82, 2.24) is 4.72 Å². The monoisotopic (exact) mass is 289 g/mol. The van der Waals surface area contributed by atoms with E-state index in [0.29, 0.717) is 6.61 Å². The molecule has 2 rings (SSSR count). The summed E-state index contributed by atoms with van der Waals surface area (Å²) < 4.78 is 36.2. The molecule has 0 saturated carbocycles. The predicted octanol–water partition coefficient (Wildman–Crippen LogP) is 0.825. The maximum absolute atomic E-state index is 11.9. The highest BCUT2D eigenvalue weighted by Gasteiger charge is 2.23. The van der Waals surface area contributed by atoms with Crippen molar-refractivity contribution >= 4 is 16.0 Å². The normalized spacial score (nSPS) is 20.3. The first-order chi connectivity index (χ1) is 8.99. The van der Waals surface area contributed by atoms with Crippen LogP contribution in [0.25, 0.3) is 0 Å². The van der Waals surface area contributed by atoms with E-state index < -0.39 is 26.8 Å². The van der Waals surface area contributed by atoms with Crippen molar-refractivity contribution in [2.75, 3.05) is 13.2 Å². The summed E-state index contributed by atoms with van der Waals surface area (Å²) in [5.41, 5.74) is 0. The topological polar surface area (TPSA) is 106 Å². The van der Waals surface area contributed by atoms with Crippen molar-refractivity contribution in [2.45, 2.75) is 30.5 Å². The minimum Gasteiger partial charge on any atom is -0.475 e. The van der Waals surface area contributed by atoms with Crippen molar-refractivity contribution in [2.24, 2.45) is 0 Å². The van der Waals surface area contributed by atoms with E-state index >= 15 is 0 Å². The number of rotatable bonds is 5. The van der Waals surface area contributed by atoms with Gasteiger partial charge < -0.3 is 14.3 Å². The van der Waals surface area contributed by atoms with Gasteiger partial charge in [0.05, 0.1) is 6.10 Å². The molecule has 1 atom stereocenters. The maximum atomic E-state index is 11.9. The Morgan fingerprint density at radius 1 is 1.42 bits per heavy atom. The van der Waals surface area contributed by atoms with Gasteiger partial charge in [0, 0.05) is 13.2 Å². The molecule has 0 aromatic carbocycles. The number of nitrogens with one attached hydrogen (secondary N) is 1. The molecule has 1 aliphatic rings. The third-order valence-electron chi connectivity index (χ3n) is 2.83. The van der Waals surface area contributed by atoms with Crippen LogP contribution in [-0.2, 0) is 14.8 Å². The molecule has 8 heteroatoms. The third kappa shape index (κ3) is 3.55. The average molecular weight is 289 g/mol. The largest absolute Gasteiger partial charge is 0.475 e. The van der Waals surface area contributed by atoms with Crippen LogP contribution in [0, 0.1) is 0 Å². The van der Waals surface area contributed by atoms with Gasteiger partial charge in [0.25, 0.3) is 10.0 Å². The number of sulfonamides is 1. The highest BCUT2D eigenvalue weighted by atomic mass is 32.2. The summed E-state index contributed by atoms with van der Waals surface area (Å²) in [7, 11) is -3.83. The summed E-state index contributed by atoms with van der Waals surface area (Å²) in [6, 6.07) is 2.22. The van der Waals surface area contributed by atoms with Crippen LogP contribution in [-0.4, -0.2) is 38.7 Å². The standard InChI is InChI=1S/C11H15NO6S/c13-11(14)9-4-5-10(18-9)19(15,16)12-7-8-3-1-2-6-17-8/h4-5,8,12H,1-3,6-7H2,(H,13,14). The Balaban J connectivity index is 1.98. The molecular weight excluding hydrogens is 274 g/mol. The molecule has 0 bridgehead atoms. The molecule has 1 saturated heterocycles. The van der Waals surface area contributed by atoms with Gasteiger partial charge in [0.2, 0.25) is 10.9 Å². The number of furan rings is 1. The first-order valence-corrected chi connectivity index (χ1v) is 7.42. The van der Waals surface area contributed by atoms with Gasteiger partial charge in [0.1, 0.15) is 0 Å². The molecule has 0 spiro atoms. The summed E-state index contributed by atoms with van der Waals surface area (Å²) in [5, 5.41) is 8.27. The smallest absolute Gasteiger partial charge is 0.371 e. The van der Waals surface area contributed by atoms with E-state index in [1.807, 2.05) is 0 Å². The molecule has 1 fully saturated rings. The van der Waals surface area contributed by atoms with Crippen molar-refractivity contribution in [3.63, 3.8) is 0 Å². The molecule has 106 valence electrons. The van der Waals surface area contributed by atoms with E-state index in [9.17, 15) is 13.2 Å². The Hall–Kier alpha value is -1.38. The molecule has 1 aromatic rings. The molecule has 0 radical (unpaired) electrons. The number of hydrogen-bond donors (Lipinski definition) is 2. The van der Waals surface area contributed by atoms with Crippen LogP contribution in [0.3, 0.4) is 0 Å². The molecule has 2 N–H and O–H groups in total. The lowest BCUT2D eigenvalue weighted by atomic mass is 10.1. The van der Waals surface area contributed by atoms with Crippen LogP contribution in [0.15, 0.2) is 21.6 Å². The van der Waals surface area contributed by atoms with Crippen molar-refractivity contribution in [3.8, 4) is 0 Å². The molecule has 19 heavy (non-hydrogen) atoms. The molecule has 2 heterocycles. The first kappa shape index (κ1) is 14.0. The molecule has 0 amide bonds. The summed E-state index contributed by atoms with van der Waals surface area (Å²) in [4.78, 5) is 10.6. The zero-order chi connectivity index (χ0) is 13.9. The van der Waals surface area contributed by atoms with E-state index in [-0.39, 0.29) is 12.6 Å². The van der Waals surface area contributed by atoms with Gasteiger partial charge in [-0.3, -0.25) is 0 Å². The number of aromatic carboxylic acids is 1. The van der Waals surface area contributed by atoms with Crippen LogP contribution in [0.5, 0.6) is 0 Å². The molecular formula is C11H15NO6S. The fourth-order valence-corrected chi connectivity index (χ4v) is 2.82. The fraction of sp³-hybridized carbons (Fsp3) is 0.545. The Kier molecular flexibility index (Phi) is 4.23. The Morgan fingerprint density at radius 3 is 2.79 bits per heavy atom. The van der Waals surface area contributed by atoms with Crippen LogP contribution in [0.4, 0.5) is 0 Å². The van der Waals surface area contributed by atoms with E-state index in [2.05, 4.69) is 4.72 Å². The van der Waals surface area contributed by atoms with Gasteiger partial charge in [-0.1, -0.05) is 0 Å². The number of ether oxygens (including phenoxy) is 1. The Labute approximate surface area is 110 Å². The molecule has 0 aliphatic carbocycles. The van der Waals surface area contributed by atoms with Gasteiger partial charge in [-0.2, -0.15) is 0 Å². The lowest BCUT2D eigenvalue weighted by Crippen LogP contribution is -2.35. The summed E-state index contributed by atoms with van der Waals surface area (Å²) in [5.74, 6) is -1.72. The number of carbonyl (C=O) groups is 1. The minimum atomic E-state index is -3.83. The van der Waals surface area contributed by atoms with Gasteiger partial charge in [-0.25, -0.2) is 17.9 Å². The predicted molar refractivity (Wildman–Crippen MR) is 64.4 cm³/mol. The highest BCUT2D eigenvalue weighted by Crippen LogP contribution is 2.15. The van der Waals surface area contributed by atoms with E-state index in [1.165, 1.54) is 0 Å². The lowest BCUT2D eigenvalue weighted by molar-refractivity contribution is 0.0199. The van der Waals surface area contributed by atoms with E-state index in [4.69, 9.17) is 14.3 Å². The number of carboxylic acid groups (broad SMARTS) is 1. The van der Waals surface area contributed by atoms with Gasteiger partial charge >= 0.3 is 5.97 Å². The summed E-state index contributed by atoms with van der Waals surface area (Å²) >= 11 is 0. The van der Waals surface area contributed by atoms with Crippen molar-refractivity contribution in [1.29, 1.82) is 0 Å². The third-order valence-corrected chi connectivity index (χ3v) is 4.13. The van der Waals surface area contributed by atoms with Crippen molar-refractivity contribution < 1.29 is 27.5 Å². The van der Waals surface area contributed by atoms with Gasteiger partial charge in [-0.15, -0.1) is 0 Å². The Bertz CT molecular complexity index is 543. The second-order valence-electron chi connectivity index (χ2n) is 4.26. The summed E-state index contributed by atoms with van der Waals surface area (Å²) in [6.07, 6.45) is 2.67. The maximum Gasteiger partial charge on any atom is 0.371 e. The molecule has 1 aromatic heterocycles. The highest BCUT2D eigenvalue weighted by molar-refractivity contribution is 7.89.